The Morgan fingerprint density at radius 3 is 2.29 bits per heavy atom. The third-order valence-corrected chi connectivity index (χ3v) is 3.32. The van der Waals surface area contributed by atoms with Gasteiger partial charge in [-0.1, -0.05) is 46.3 Å². The van der Waals surface area contributed by atoms with Gasteiger partial charge in [-0.15, -0.1) is 0 Å². The maximum atomic E-state index is 12.6. The van der Waals surface area contributed by atoms with Crippen LogP contribution >= 0.6 is 15.9 Å². The van der Waals surface area contributed by atoms with Gasteiger partial charge < -0.3 is 4.90 Å². The molecule has 6 heteroatoms. The highest BCUT2D eigenvalue weighted by Crippen LogP contribution is 2.29. The predicted octanol–water partition coefficient (Wildman–Crippen LogP) is 4.50. The van der Waals surface area contributed by atoms with E-state index in [1.807, 2.05) is 35.2 Å². The zero-order valence-electron chi connectivity index (χ0n) is 11.1. The molecule has 2 aromatic rings. The molecular formula is C15H14BrF3N2. The molecule has 0 amide bonds. The van der Waals surface area contributed by atoms with Crippen LogP contribution < -0.4 is 4.90 Å². The van der Waals surface area contributed by atoms with E-state index in [4.69, 9.17) is 0 Å². The van der Waals surface area contributed by atoms with E-state index in [-0.39, 0.29) is 0 Å². The van der Waals surface area contributed by atoms with Crippen molar-refractivity contribution in [3.8, 4) is 0 Å². The maximum Gasteiger partial charge on any atom is 0.417 e. The van der Waals surface area contributed by atoms with E-state index in [1.54, 1.807) is 0 Å². The second kappa shape index (κ2) is 6.93. The zero-order chi connectivity index (χ0) is 15.3. The third-order valence-electron chi connectivity index (χ3n) is 2.97. The average Bonchev–Trinajstić information content (AvgIpc) is 2.47. The highest BCUT2D eigenvalue weighted by atomic mass is 79.9. The standard InChI is InChI=1S/C15H14BrF3N2/c16-8-9-21(11-12-4-2-1-3-5-12)14-7-6-13(10-20-14)15(17,18)19/h1-7,10H,8-9,11H2. The van der Waals surface area contributed by atoms with Crippen molar-refractivity contribution >= 4 is 21.7 Å². The molecule has 2 nitrogen and oxygen atoms in total. The molecule has 112 valence electrons. The Morgan fingerprint density at radius 2 is 1.76 bits per heavy atom. The number of aromatic nitrogens is 1. The Bertz CT molecular complexity index is 555. The summed E-state index contributed by atoms with van der Waals surface area (Å²) in [5.74, 6) is 0.534. The summed E-state index contributed by atoms with van der Waals surface area (Å²) in [5.41, 5.74) is 0.352. The van der Waals surface area contributed by atoms with Crippen LogP contribution in [0.2, 0.25) is 0 Å². The highest BCUT2D eigenvalue weighted by molar-refractivity contribution is 9.09. The van der Waals surface area contributed by atoms with Crippen molar-refractivity contribution in [2.45, 2.75) is 12.7 Å². The molecule has 0 aliphatic carbocycles. The summed E-state index contributed by atoms with van der Waals surface area (Å²) in [6.45, 7) is 1.26. The van der Waals surface area contributed by atoms with Crippen LogP contribution in [0.5, 0.6) is 0 Å². The van der Waals surface area contributed by atoms with Gasteiger partial charge in [0.15, 0.2) is 0 Å². The van der Waals surface area contributed by atoms with E-state index in [2.05, 4.69) is 20.9 Å². The summed E-state index contributed by atoms with van der Waals surface area (Å²) < 4.78 is 37.7. The molecule has 0 saturated heterocycles. The second-order valence-corrected chi connectivity index (χ2v) is 5.29. The largest absolute Gasteiger partial charge is 0.417 e. The van der Waals surface area contributed by atoms with Gasteiger partial charge in [-0.25, -0.2) is 4.98 Å². The first-order valence-corrected chi connectivity index (χ1v) is 7.51. The van der Waals surface area contributed by atoms with Gasteiger partial charge in [0.05, 0.1) is 5.56 Å². The lowest BCUT2D eigenvalue weighted by molar-refractivity contribution is -0.137. The second-order valence-electron chi connectivity index (χ2n) is 4.50. The molecule has 21 heavy (non-hydrogen) atoms. The van der Waals surface area contributed by atoms with Gasteiger partial charge in [0.25, 0.3) is 0 Å². The van der Waals surface area contributed by atoms with Crippen LogP contribution in [0.1, 0.15) is 11.1 Å². The van der Waals surface area contributed by atoms with Crippen molar-refractivity contribution in [1.82, 2.24) is 4.98 Å². The molecule has 0 spiro atoms. The van der Waals surface area contributed by atoms with Crippen LogP contribution in [0, 0.1) is 0 Å². The van der Waals surface area contributed by atoms with Crippen molar-refractivity contribution in [2.75, 3.05) is 16.8 Å². The van der Waals surface area contributed by atoms with Gasteiger partial charge in [-0.2, -0.15) is 13.2 Å². The van der Waals surface area contributed by atoms with E-state index in [1.165, 1.54) is 6.07 Å². The van der Waals surface area contributed by atoms with Crippen molar-refractivity contribution in [3.05, 3.63) is 59.8 Å². The van der Waals surface area contributed by atoms with Crippen molar-refractivity contribution in [1.29, 1.82) is 0 Å². The number of anilines is 1. The molecule has 0 saturated carbocycles. The van der Waals surface area contributed by atoms with E-state index < -0.39 is 11.7 Å². The molecule has 0 radical (unpaired) electrons. The Labute approximate surface area is 129 Å². The summed E-state index contributed by atoms with van der Waals surface area (Å²) in [4.78, 5) is 5.88. The Kier molecular flexibility index (Phi) is 5.22. The van der Waals surface area contributed by atoms with Gasteiger partial charge in [-0.05, 0) is 17.7 Å². The van der Waals surface area contributed by atoms with Gasteiger partial charge in [0.1, 0.15) is 5.82 Å². The summed E-state index contributed by atoms with van der Waals surface area (Å²) in [6.07, 6.45) is -3.48. The fraction of sp³-hybridized carbons (Fsp3) is 0.267. The number of pyridine rings is 1. The number of nitrogens with zero attached hydrogens (tertiary/aromatic N) is 2. The topological polar surface area (TPSA) is 16.1 Å². The summed E-state index contributed by atoms with van der Waals surface area (Å²) in [6, 6.07) is 12.2. The normalized spacial score (nSPS) is 11.4. The molecule has 0 fully saturated rings. The van der Waals surface area contributed by atoms with Gasteiger partial charge in [0.2, 0.25) is 0 Å². The smallest absolute Gasteiger partial charge is 0.351 e. The van der Waals surface area contributed by atoms with Crippen molar-refractivity contribution in [2.24, 2.45) is 0 Å². The van der Waals surface area contributed by atoms with Crippen LogP contribution in [-0.4, -0.2) is 16.9 Å². The predicted molar refractivity (Wildman–Crippen MR) is 80.5 cm³/mol. The van der Waals surface area contributed by atoms with Crippen LogP contribution in [-0.2, 0) is 12.7 Å². The third kappa shape index (κ3) is 4.46. The van der Waals surface area contributed by atoms with E-state index in [0.717, 1.165) is 17.8 Å². The minimum Gasteiger partial charge on any atom is -0.351 e. The molecule has 1 aromatic heterocycles. The van der Waals surface area contributed by atoms with E-state index >= 15 is 0 Å². The van der Waals surface area contributed by atoms with E-state index in [9.17, 15) is 13.2 Å². The molecule has 0 N–H and O–H groups in total. The van der Waals surface area contributed by atoms with Gasteiger partial charge in [0, 0.05) is 24.6 Å². The first kappa shape index (κ1) is 15.8. The summed E-state index contributed by atoms with van der Waals surface area (Å²) in [7, 11) is 0. The van der Waals surface area contributed by atoms with Crippen LogP contribution in [0.4, 0.5) is 19.0 Å². The summed E-state index contributed by atoms with van der Waals surface area (Å²) >= 11 is 3.36. The number of hydrogen-bond acceptors (Lipinski definition) is 2. The van der Waals surface area contributed by atoms with Crippen molar-refractivity contribution in [3.63, 3.8) is 0 Å². The van der Waals surface area contributed by atoms with Crippen LogP contribution in [0.3, 0.4) is 0 Å². The monoisotopic (exact) mass is 358 g/mol. The number of rotatable bonds is 5. The van der Waals surface area contributed by atoms with Gasteiger partial charge in [-0.3, -0.25) is 0 Å². The van der Waals surface area contributed by atoms with E-state index in [0.29, 0.717) is 24.2 Å². The lowest BCUT2D eigenvalue weighted by Crippen LogP contribution is -2.25. The minimum absolute atomic E-state index is 0.534. The maximum absolute atomic E-state index is 12.6. The number of halogens is 4. The van der Waals surface area contributed by atoms with Crippen molar-refractivity contribution < 1.29 is 13.2 Å². The molecule has 0 aliphatic heterocycles. The Balaban J connectivity index is 2.18. The SMILES string of the molecule is FC(F)(F)c1ccc(N(CCBr)Cc2ccccc2)nc1. The quantitative estimate of drug-likeness (QED) is 0.731. The molecule has 0 unspecified atom stereocenters. The lowest BCUT2D eigenvalue weighted by atomic mass is 10.2. The first-order valence-electron chi connectivity index (χ1n) is 6.39. The number of alkyl halides is 4. The number of hydrogen-bond donors (Lipinski definition) is 0. The van der Waals surface area contributed by atoms with Gasteiger partial charge >= 0.3 is 6.18 Å². The highest BCUT2D eigenvalue weighted by Gasteiger charge is 2.30. The fourth-order valence-electron chi connectivity index (χ4n) is 1.92. The Morgan fingerprint density at radius 1 is 1.05 bits per heavy atom. The molecule has 0 atom stereocenters. The Hall–Kier alpha value is -1.56. The lowest BCUT2D eigenvalue weighted by Gasteiger charge is -2.23. The van der Waals surface area contributed by atoms with Crippen LogP contribution in [0.15, 0.2) is 48.7 Å². The number of benzene rings is 1. The zero-order valence-corrected chi connectivity index (χ0v) is 12.7. The molecule has 1 heterocycles. The average molecular weight is 359 g/mol. The molecule has 0 aliphatic rings. The van der Waals surface area contributed by atoms with Crippen LogP contribution in [0.25, 0.3) is 0 Å². The molecule has 0 bridgehead atoms. The minimum atomic E-state index is -4.36. The molecule has 1 aromatic carbocycles. The molecular weight excluding hydrogens is 345 g/mol. The molecule has 2 rings (SSSR count). The first-order chi connectivity index (χ1) is 10.0. The summed E-state index contributed by atoms with van der Waals surface area (Å²) in [5, 5.41) is 0.711. The fourth-order valence-corrected chi connectivity index (χ4v) is 2.35.